The normalized spacial score (nSPS) is 33.1. The van der Waals surface area contributed by atoms with Crippen molar-refractivity contribution in [2.45, 2.75) is 29.5 Å². The van der Waals surface area contributed by atoms with Crippen molar-refractivity contribution in [3.05, 3.63) is 38.3 Å². The van der Waals surface area contributed by atoms with Crippen molar-refractivity contribution in [1.82, 2.24) is 9.88 Å². The van der Waals surface area contributed by atoms with Crippen molar-refractivity contribution in [2.24, 2.45) is 29.6 Å². The molecule has 9 nitrogen and oxygen atoms in total. The van der Waals surface area contributed by atoms with Crippen molar-refractivity contribution < 1.29 is 29.3 Å². The van der Waals surface area contributed by atoms with Crippen LogP contribution in [0.1, 0.15) is 29.7 Å². The second kappa shape index (κ2) is 7.61. The fraction of sp³-hybridized carbons (Fsp3) is 0.478. The first kappa shape index (κ1) is 21.7. The maximum Gasteiger partial charge on any atom is 0.323 e. The van der Waals surface area contributed by atoms with Crippen LogP contribution in [0.25, 0.3) is 0 Å². The van der Waals surface area contributed by atoms with Crippen LogP contribution in [0.5, 0.6) is 11.5 Å². The number of aromatic hydroxyl groups is 1. The monoisotopic (exact) mass is 502 g/mol. The molecule has 11 heteroatoms. The third-order valence-electron chi connectivity index (χ3n) is 7.75. The van der Waals surface area contributed by atoms with Crippen molar-refractivity contribution in [3.8, 4) is 11.5 Å². The zero-order chi connectivity index (χ0) is 23.9. The molecule has 3 N–H and O–H groups in total. The molecule has 3 heterocycles. The number of thioether (sulfide) groups is 1. The Labute approximate surface area is 202 Å². The average molecular weight is 503 g/mol. The lowest BCUT2D eigenvalue weighted by molar-refractivity contribution is -0.149. The van der Waals surface area contributed by atoms with Gasteiger partial charge in [0.25, 0.3) is 0 Å². The summed E-state index contributed by atoms with van der Waals surface area (Å²) in [4.78, 5) is 54.5. The topological polar surface area (TPSA) is 137 Å². The number of phenolic OH excluding ortho intramolecular Hbond substituents is 1. The summed E-state index contributed by atoms with van der Waals surface area (Å²) in [6.07, 6.45) is 0.724. The number of carbonyl (C=O) groups is 3. The van der Waals surface area contributed by atoms with Gasteiger partial charge in [0, 0.05) is 16.0 Å². The van der Waals surface area contributed by atoms with E-state index in [1.54, 1.807) is 23.9 Å². The van der Waals surface area contributed by atoms with E-state index in [9.17, 15) is 29.4 Å². The van der Waals surface area contributed by atoms with Crippen LogP contribution in [-0.4, -0.2) is 56.3 Å². The number of nitrogens with one attached hydrogen (secondary N) is 1. The van der Waals surface area contributed by atoms with Gasteiger partial charge in [-0.2, -0.15) is 0 Å². The Kier molecular flexibility index (Phi) is 4.86. The number of fused-ring (bicyclic) bond motifs is 9. The lowest BCUT2D eigenvalue weighted by atomic mass is 9.68. The molecule has 7 atom stereocenters. The molecule has 0 radical (unpaired) electrons. The highest BCUT2D eigenvalue weighted by Crippen LogP contribution is 2.68. The van der Waals surface area contributed by atoms with Crippen molar-refractivity contribution in [3.63, 3.8) is 0 Å². The molecular formula is C23H22N2O7S2. The number of aromatic nitrogens is 1. The van der Waals surface area contributed by atoms with E-state index in [1.807, 2.05) is 13.0 Å². The number of imide groups is 1. The first-order valence-electron chi connectivity index (χ1n) is 11.2. The first-order chi connectivity index (χ1) is 16.3. The Bertz CT molecular complexity index is 1290. The van der Waals surface area contributed by atoms with Crippen LogP contribution in [0.15, 0.2) is 28.0 Å². The number of carboxylic acids is 1. The number of hydrogen-bond acceptors (Lipinski definition) is 8. The molecule has 1 aromatic carbocycles. The van der Waals surface area contributed by atoms with E-state index in [2.05, 4.69) is 4.98 Å². The Morgan fingerprint density at radius 3 is 2.65 bits per heavy atom. The second-order valence-corrected chi connectivity index (χ2v) is 11.5. The molecule has 2 amide bonds. The molecule has 3 fully saturated rings. The molecule has 4 aliphatic rings. The summed E-state index contributed by atoms with van der Waals surface area (Å²) >= 11 is 2.72. The van der Waals surface area contributed by atoms with Gasteiger partial charge in [-0.25, -0.2) is 0 Å². The summed E-state index contributed by atoms with van der Waals surface area (Å²) < 4.78 is 5.60. The van der Waals surface area contributed by atoms with Gasteiger partial charge in [0.2, 0.25) is 11.8 Å². The molecule has 2 bridgehead atoms. The fourth-order valence-corrected chi connectivity index (χ4v) is 9.63. The van der Waals surface area contributed by atoms with E-state index in [-0.39, 0.29) is 51.4 Å². The number of carbonyl (C=O) groups excluding carboxylic acids is 2. The number of carboxylic acid groups (broad SMARTS) is 1. The number of phenols is 1. The quantitative estimate of drug-likeness (QED) is 0.529. The number of benzene rings is 1. The maximum atomic E-state index is 13.2. The summed E-state index contributed by atoms with van der Waals surface area (Å²) in [5.74, 6) is -2.97. The zero-order valence-electron chi connectivity index (χ0n) is 18.1. The predicted octanol–water partition coefficient (Wildman–Crippen LogP) is 2.10. The highest BCUT2D eigenvalue weighted by Gasteiger charge is 2.69. The highest BCUT2D eigenvalue weighted by atomic mass is 32.2. The molecule has 2 aliphatic carbocycles. The van der Waals surface area contributed by atoms with E-state index >= 15 is 0 Å². The molecule has 2 saturated carbocycles. The number of likely N-dealkylation sites (tertiary alicyclic amines) is 1. The Hall–Kier alpha value is -2.79. The number of aromatic amines is 1. The lowest BCUT2D eigenvalue weighted by Gasteiger charge is -2.43. The number of ether oxygens (including phenoxy) is 1. The van der Waals surface area contributed by atoms with Gasteiger partial charge < -0.3 is 19.9 Å². The van der Waals surface area contributed by atoms with Crippen LogP contribution in [0.3, 0.4) is 0 Å². The molecule has 0 unspecified atom stereocenters. The molecule has 6 rings (SSSR count). The minimum atomic E-state index is -1.20. The predicted molar refractivity (Wildman–Crippen MR) is 122 cm³/mol. The largest absolute Gasteiger partial charge is 0.504 e. The van der Waals surface area contributed by atoms with E-state index in [0.717, 1.165) is 38.1 Å². The van der Waals surface area contributed by atoms with Crippen molar-refractivity contribution in [2.75, 3.05) is 13.2 Å². The van der Waals surface area contributed by atoms with Crippen LogP contribution >= 0.6 is 23.1 Å². The fourth-order valence-electron chi connectivity index (χ4n) is 6.74. The molecule has 2 aliphatic heterocycles. The van der Waals surface area contributed by atoms with Crippen LogP contribution < -0.4 is 9.61 Å². The van der Waals surface area contributed by atoms with Crippen LogP contribution in [0.2, 0.25) is 0 Å². The van der Waals surface area contributed by atoms with Gasteiger partial charge in [-0.1, -0.05) is 17.4 Å². The SMILES string of the molecule is CCOc1cc([C@@H]2c3sc(=O)[nH]c3S[C@@H]3[C@H]4C[C@@H]([C@@H]5C(=O)N(CC(=O)O)C(=O)[C@@H]45)[C@H]23)ccc1O. The first-order valence-corrected chi connectivity index (χ1v) is 12.9. The van der Waals surface area contributed by atoms with Gasteiger partial charge in [0.05, 0.1) is 23.5 Å². The second-order valence-electron chi connectivity index (χ2n) is 9.28. The number of thiazole rings is 1. The van der Waals surface area contributed by atoms with Gasteiger partial charge in [0.15, 0.2) is 11.5 Å². The molecule has 1 aromatic heterocycles. The summed E-state index contributed by atoms with van der Waals surface area (Å²) in [6.45, 7) is 1.61. The molecule has 2 aromatic rings. The number of aliphatic carboxylic acids is 1. The summed E-state index contributed by atoms with van der Waals surface area (Å²) in [5, 5.41) is 20.2. The van der Waals surface area contributed by atoms with E-state index in [1.165, 1.54) is 0 Å². The van der Waals surface area contributed by atoms with Crippen LogP contribution in [-0.2, 0) is 14.4 Å². The Morgan fingerprint density at radius 2 is 1.94 bits per heavy atom. The smallest absolute Gasteiger partial charge is 0.323 e. The summed E-state index contributed by atoms with van der Waals surface area (Å²) in [6, 6.07) is 5.21. The minimum Gasteiger partial charge on any atom is -0.504 e. The van der Waals surface area contributed by atoms with Crippen molar-refractivity contribution >= 4 is 40.9 Å². The minimum absolute atomic E-state index is 0.00394. The van der Waals surface area contributed by atoms with E-state index in [4.69, 9.17) is 4.74 Å². The number of amides is 2. The Balaban J connectivity index is 1.45. The van der Waals surface area contributed by atoms with Gasteiger partial charge in [-0.15, -0.1) is 11.8 Å². The lowest BCUT2D eigenvalue weighted by Crippen LogP contribution is -2.42. The summed E-state index contributed by atoms with van der Waals surface area (Å²) in [7, 11) is 0. The number of rotatable bonds is 5. The Morgan fingerprint density at radius 1 is 1.21 bits per heavy atom. The maximum absolute atomic E-state index is 13.2. The molecule has 0 spiro atoms. The highest BCUT2D eigenvalue weighted by molar-refractivity contribution is 8.00. The van der Waals surface area contributed by atoms with E-state index in [0.29, 0.717) is 12.4 Å². The van der Waals surface area contributed by atoms with Gasteiger partial charge in [-0.3, -0.25) is 24.1 Å². The van der Waals surface area contributed by atoms with Gasteiger partial charge >= 0.3 is 10.8 Å². The molecule has 1 saturated heterocycles. The third-order valence-corrected chi connectivity index (χ3v) is 10.3. The number of nitrogens with zero attached hydrogens (tertiary/aromatic N) is 1. The third kappa shape index (κ3) is 2.92. The van der Waals surface area contributed by atoms with Crippen molar-refractivity contribution in [1.29, 1.82) is 0 Å². The average Bonchev–Trinajstić information content (AvgIpc) is 3.51. The standard InChI is InChI=1S/C23H22N2O7S2/c1-2-32-12-5-8(3-4-11(12)26)14-15-9-6-10(18(15)33-20-19(14)34-23(31)24-20)17-16(9)21(29)25(22(17)30)7-13(27)28/h3-5,9-10,14-18,26H,2,6-7H2,1H3,(H,24,31)(H,27,28)/t9-,10+,14+,15-,16+,17+,18-/m1/s1. The summed E-state index contributed by atoms with van der Waals surface area (Å²) in [5.41, 5.74) is 0.885. The van der Waals surface area contributed by atoms with Crippen LogP contribution in [0, 0.1) is 29.6 Å². The van der Waals surface area contributed by atoms with Gasteiger partial charge in [-0.05, 0) is 48.8 Å². The molecule has 34 heavy (non-hydrogen) atoms. The number of hydrogen-bond donors (Lipinski definition) is 3. The molecular weight excluding hydrogens is 480 g/mol. The van der Waals surface area contributed by atoms with Gasteiger partial charge in [0.1, 0.15) is 6.54 Å². The van der Waals surface area contributed by atoms with Crippen LogP contribution in [0.4, 0.5) is 0 Å². The molecule has 178 valence electrons. The number of H-pyrrole nitrogens is 1. The van der Waals surface area contributed by atoms with E-state index < -0.39 is 24.3 Å². The zero-order valence-corrected chi connectivity index (χ0v) is 19.7.